The van der Waals surface area contributed by atoms with Crippen molar-refractivity contribution in [2.75, 3.05) is 18.0 Å². The van der Waals surface area contributed by atoms with Crippen LogP contribution in [0.2, 0.25) is 0 Å². The van der Waals surface area contributed by atoms with E-state index in [-0.39, 0.29) is 12.1 Å². The normalized spacial score (nSPS) is 19.5. The van der Waals surface area contributed by atoms with Crippen LogP contribution in [-0.2, 0) is 10.9 Å². The zero-order valence-corrected chi connectivity index (χ0v) is 9.72. The lowest BCUT2D eigenvalue weighted by Gasteiger charge is -2.16. The first-order valence-electron chi connectivity index (χ1n) is 5.46. The van der Waals surface area contributed by atoms with Crippen molar-refractivity contribution in [3.63, 3.8) is 0 Å². The Morgan fingerprint density at radius 3 is 2.58 bits per heavy atom. The number of amides is 1. The summed E-state index contributed by atoms with van der Waals surface area (Å²) in [6.07, 6.45) is -3.73. The molecule has 1 atom stereocenters. The molecule has 1 amide bonds. The molecule has 19 heavy (non-hydrogen) atoms. The Labute approximate surface area is 106 Å². The standard InChI is InChI=1S/C10H11F3N4O2/c11-10(12,13)6-3-15-9(16-4-6)17-2-1-7(5-17)19-8(14)18/h3-4,7H,1-2,5H2,(H2,14,18)/t7-/m1/s1. The van der Waals surface area contributed by atoms with E-state index >= 15 is 0 Å². The second-order valence-electron chi connectivity index (χ2n) is 4.06. The number of nitrogens with zero attached hydrogens (tertiary/aromatic N) is 3. The monoisotopic (exact) mass is 276 g/mol. The van der Waals surface area contributed by atoms with E-state index in [2.05, 4.69) is 9.97 Å². The van der Waals surface area contributed by atoms with E-state index in [1.807, 2.05) is 0 Å². The summed E-state index contributed by atoms with van der Waals surface area (Å²) in [4.78, 5) is 19.5. The highest BCUT2D eigenvalue weighted by molar-refractivity contribution is 5.65. The zero-order valence-electron chi connectivity index (χ0n) is 9.72. The highest BCUT2D eigenvalue weighted by atomic mass is 19.4. The fraction of sp³-hybridized carbons (Fsp3) is 0.500. The van der Waals surface area contributed by atoms with Crippen LogP contribution in [0.5, 0.6) is 0 Å². The topological polar surface area (TPSA) is 81.3 Å². The molecule has 1 aromatic rings. The number of hydrogen-bond donors (Lipinski definition) is 1. The fourth-order valence-corrected chi connectivity index (χ4v) is 1.80. The molecule has 0 unspecified atom stereocenters. The Balaban J connectivity index is 2.02. The molecule has 0 aromatic carbocycles. The van der Waals surface area contributed by atoms with Crippen LogP contribution < -0.4 is 10.6 Å². The lowest BCUT2D eigenvalue weighted by molar-refractivity contribution is -0.138. The molecule has 1 aliphatic heterocycles. The maximum absolute atomic E-state index is 12.3. The third kappa shape index (κ3) is 3.24. The summed E-state index contributed by atoms with van der Waals surface area (Å²) in [6.45, 7) is 0.803. The molecule has 1 fully saturated rings. The molecule has 2 rings (SSSR count). The van der Waals surface area contributed by atoms with Crippen molar-refractivity contribution in [3.05, 3.63) is 18.0 Å². The van der Waals surface area contributed by atoms with Crippen molar-refractivity contribution in [2.45, 2.75) is 18.7 Å². The van der Waals surface area contributed by atoms with Gasteiger partial charge in [-0.05, 0) is 0 Å². The van der Waals surface area contributed by atoms with Gasteiger partial charge in [0, 0.05) is 25.4 Å². The number of ether oxygens (including phenoxy) is 1. The number of alkyl halides is 3. The maximum atomic E-state index is 12.3. The van der Waals surface area contributed by atoms with E-state index in [0.29, 0.717) is 19.5 Å². The van der Waals surface area contributed by atoms with E-state index in [0.717, 1.165) is 12.4 Å². The minimum Gasteiger partial charge on any atom is -0.444 e. The molecule has 0 radical (unpaired) electrons. The van der Waals surface area contributed by atoms with Crippen molar-refractivity contribution in [3.8, 4) is 0 Å². The van der Waals surface area contributed by atoms with Crippen LogP contribution in [0.25, 0.3) is 0 Å². The van der Waals surface area contributed by atoms with Crippen molar-refractivity contribution in [1.82, 2.24) is 9.97 Å². The third-order valence-electron chi connectivity index (χ3n) is 2.68. The van der Waals surface area contributed by atoms with Gasteiger partial charge in [-0.3, -0.25) is 0 Å². The van der Waals surface area contributed by atoms with Crippen LogP contribution in [-0.4, -0.2) is 35.3 Å². The lowest BCUT2D eigenvalue weighted by atomic mass is 10.3. The Kier molecular flexibility index (Phi) is 3.45. The van der Waals surface area contributed by atoms with Gasteiger partial charge in [-0.1, -0.05) is 0 Å². The molecular weight excluding hydrogens is 265 g/mol. The third-order valence-corrected chi connectivity index (χ3v) is 2.68. The van der Waals surface area contributed by atoms with Crippen molar-refractivity contribution in [2.24, 2.45) is 5.73 Å². The first-order valence-corrected chi connectivity index (χ1v) is 5.46. The average molecular weight is 276 g/mol. The molecule has 9 heteroatoms. The predicted octanol–water partition coefficient (Wildman–Crippen LogP) is 1.17. The van der Waals surface area contributed by atoms with Crippen LogP contribution >= 0.6 is 0 Å². The van der Waals surface area contributed by atoms with Gasteiger partial charge in [0.25, 0.3) is 0 Å². The summed E-state index contributed by atoms with van der Waals surface area (Å²) in [5.41, 5.74) is 3.99. The smallest absolute Gasteiger partial charge is 0.419 e. The minimum absolute atomic E-state index is 0.170. The van der Waals surface area contributed by atoms with Gasteiger partial charge in [0.05, 0.1) is 12.1 Å². The number of nitrogens with two attached hydrogens (primary N) is 1. The van der Waals surface area contributed by atoms with Gasteiger partial charge in [-0.15, -0.1) is 0 Å². The fourth-order valence-electron chi connectivity index (χ4n) is 1.80. The maximum Gasteiger partial charge on any atom is 0.419 e. The quantitative estimate of drug-likeness (QED) is 0.876. The zero-order chi connectivity index (χ0) is 14.0. The summed E-state index contributed by atoms with van der Waals surface area (Å²) < 4.78 is 41.8. The van der Waals surface area contributed by atoms with Crippen LogP contribution in [0.1, 0.15) is 12.0 Å². The number of rotatable bonds is 2. The number of primary amides is 1. The van der Waals surface area contributed by atoms with Gasteiger partial charge < -0.3 is 15.4 Å². The first kappa shape index (κ1) is 13.4. The van der Waals surface area contributed by atoms with Crippen LogP contribution in [0.4, 0.5) is 23.9 Å². The second kappa shape index (κ2) is 4.90. The van der Waals surface area contributed by atoms with Gasteiger partial charge in [-0.2, -0.15) is 13.2 Å². The van der Waals surface area contributed by atoms with Crippen molar-refractivity contribution in [1.29, 1.82) is 0 Å². The molecule has 1 aliphatic rings. The summed E-state index contributed by atoms with van der Waals surface area (Å²) in [7, 11) is 0. The van der Waals surface area contributed by atoms with Crippen LogP contribution in [0.3, 0.4) is 0 Å². The highest BCUT2D eigenvalue weighted by Gasteiger charge is 2.32. The Hall–Kier alpha value is -2.06. The van der Waals surface area contributed by atoms with E-state index in [1.54, 1.807) is 4.90 Å². The molecule has 1 saturated heterocycles. The SMILES string of the molecule is NC(=O)O[C@@H]1CCN(c2ncc(C(F)(F)F)cn2)C1. The van der Waals surface area contributed by atoms with Crippen molar-refractivity contribution < 1.29 is 22.7 Å². The second-order valence-corrected chi connectivity index (χ2v) is 4.06. The van der Waals surface area contributed by atoms with E-state index in [9.17, 15) is 18.0 Å². The molecule has 2 heterocycles. The van der Waals surface area contributed by atoms with Crippen LogP contribution in [0, 0.1) is 0 Å². The molecule has 0 spiro atoms. The minimum atomic E-state index is -4.46. The molecule has 0 aliphatic carbocycles. The van der Waals surface area contributed by atoms with E-state index in [4.69, 9.17) is 10.5 Å². The van der Waals surface area contributed by atoms with Gasteiger partial charge in [-0.25, -0.2) is 14.8 Å². The number of hydrogen-bond acceptors (Lipinski definition) is 5. The number of anilines is 1. The average Bonchev–Trinajstić information content (AvgIpc) is 2.75. The number of carbonyl (C=O) groups excluding carboxylic acids is 1. The largest absolute Gasteiger partial charge is 0.444 e. The number of carbonyl (C=O) groups is 1. The number of aromatic nitrogens is 2. The van der Waals surface area contributed by atoms with Gasteiger partial charge >= 0.3 is 12.3 Å². The van der Waals surface area contributed by atoms with Gasteiger partial charge in [0.15, 0.2) is 0 Å². The van der Waals surface area contributed by atoms with Crippen molar-refractivity contribution >= 4 is 12.0 Å². The molecular formula is C10H11F3N4O2. The molecule has 2 N–H and O–H groups in total. The molecule has 0 bridgehead atoms. The Morgan fingerprint density at radius 2 is 2.05 bits per heavy atom. The summed E-state index contributed by atoms with van der Waals surface area (Å²) >= 11 is 0. The van der Waals surface area contributed by atoms with E-state index < -0.39 is 17.8 Å². The first-order chi connectivity index (χ1) is 8.86. The predicted molar refractivity (Wildman–Crippen MR) is 58.3 cm³/mol. The summed E-state index contributed by atoms with van der Waals surface area (Å²) in [5.74, 6) is 0.170. The van der Waals surface area contributed by atoms with Crippen LogP contribution in [0.15, 0.2) is 12.4 Å². The van der Waals surface area contributed by atoms with Gasteiger partial charge in [0.2, 0.25) is 5.95 Å². The number of halogens is 3. The molecule has 0 saturated carbocycles. The summed E-state index contributed by atoms with van der Waals surface area (Å²) in [5, 5.41) is 0. The Bertz CT molecular complexity index is 463. The molecule has 6 nitrogen and oxygen atoms in total. The summed E-state index contributed by atoms with van der Waals surface area (Å²) in [6, 6.07) is 0. The Morgan fingerprint density at radius 1 is 1.42 bits per heavy atom. The van der Waals surface area contributed by atoms with E-state index in [1.165, 1.54) is 0 Å². The highest BCUT2D eigenvalue weighted by Crippen LogP contribution is 2.28. The van der Waals surface area contributed by atoms with Gasteiger partial charge in [0.1, 0.15) is 6.10 Å². The molecule has 104 valence electrons. The molecule has 1 aromatic heterocycles. The lowest BCUT2D eigenvalue weighted by Crippen LogP contribution is -2.28.